The van der Waals surface area contributed by atoms with Crippen LogP contribution in [0, 0.1) is 0 Å². The number of morpholine rings is 1. The van der Waals surface area contributed by atoms with E-state index in [2.05, 4.69) is 0 Å². The lowest BCUT2D eigenvalue weighted by Crippen LogP contribution is -2.48. The molecular weight excluding hydrogens is 196 g/mol. The lowest BCUT2D eigenvalue weighted by molar-refractivity contribution is -0.143. The van der Waals surface area contributed by atoms with E-state index < -0.39 is 0 Å². The summed E-state index contributed by atoms with van der Waals surface area (Å²) in [6.45, 7) is 3.96. The third-order valence-electron chi connectivity index (χ3n) is 2.39. The maximum absolute atomic E-state index is 11.5. The quantitative estimate of drug-likeness (QED) is 0.694. The van der Waals surface area contributed by atoms with Gasteiger partial charge in [-0.15, -0.1) is 0 Å². The Hall–Kier alpha value is -0.650. The predicted molar refractivity (Wildman–Crippen MR) is 56.5 cm³/mol. The van der Waals surface area contributed by atoms with Crippen LogP contribution in [-0.4, -0.2) is 56.4 Å². The maximum Gasteiger partial charge on any atom is 0.248 e. The van der Waals surface area contributed by atoms with Gasteiger partial charge >= 0.3 is 0 Å². The molecule has 0 radical (unpaired) electrons. The minimum Gasteiger partial charge on any atom is -0.375 e. The van der Waals surface area contributed by atoms with Crippen molar-refractivity contribution < 1.29 is 14.3 Å². The van der Waals surface area contributed by atoms with Crippen LogP contribution in [0.15, 0.2) is 0 Å². The zero-order chi connectivity index (χ0) is 11.3. The molecule has 5 heteroatoms. The summed E-state index contributed by atoms with van der Waals surface area (Å²) in [6.07, 6.45) is 0.857. The van der Waals surface area contributed by atoms with Crippen LogP contribution in [0.2, 0.25) is 0 Å². The molecule has 1 aliphatic rings. The molecule has 15 heavy (non-hydrogen) atoms. The largest absolute Gasteiger partial charge is 0.375 e. The van der Waals surface area contributed by atoms with Crippen LogP contribution in [0.25, 0.3) is 0 Å². The molecular formula is C10H20N2O3. The number of carbonyl (C=O) groups is 1. The molecule has 0 aromatic rings. The standard InChI is InChI=1S/C10H20N2O3/c1-8(11)5-9-6-12(3-4-15-9)10(13)7-14-2/h8-9H,3-7,11H2,1-2H3. The highest BCUT2D eigenvalue weighted by atomic mass is 16.5. The number of nitrogens with two attached hydrogens (primary N) is 1. The first-order valence-electron chi connectivity index (χ1n) is 5.27. The normalized spacial score (nSPS) is 23.9. The van der Waals surface area contributed by atoms with Gasteiger partial charge in [0.25, 0.3) is 0 Å². The smallest absolute Gasteiger partial charge is 0.248 e. The summed E-state index contributed by atoms with van der Waals surface area (Å²) in [5.41, 5.74) is 5.70. The van der Waals surface area contributed by atoms with Crippen molar-refractivity contribution in [1.82, 2.24) is 4.90 Å². The summed E-state index contributed by atoms with van der Waals surface area (Å²) >= 11 is 0. The van der Waals surface area contributed by atoms with Crippen molar-refractivity contribution in [3.05, 3.63) is 0 Å². The van der Waals surface area contributed by atoms with Crippen molar-refractivity contribution in [2.45, 2.75) is 25.5 Å². The number of hydrogen-bond donors (Lipinski definition) is 1. The van der Waals surface area contributed by atoms with Gasteiger partial charge in [-0.25, -0.2) is 0 Å². The molecule has 1 amide bonds. The first-order valence-corrected chi connectivity index (χ1v) is 5.27. The summed E-state index contributed by atoms with van der Waals surface area (Å²) in [4.78, 5) is 13.3. The molecule has 0 bridgehead atoms. The highest BCUT2D eigenvalue weighted by molar-refractivity contribution is 5.77. The lowest BCUT2D eigenvalue weighted by atomic mass is 10.1. The summed E-state index contributed by atoms with van der Waals surface area (Å²) in [7, 11) is 1.53. The second-order valence-corrected chi connectivity index (χ2v) is 3.98. The molecule has 1 heterocycles. The van der Waals surface area contributed by atoms with Crippen LogP contribution in [0.4, 0.5) is 0 Å². The Labute approximate surface area is 90.5 Å². The van der Waals surface area contributed by atoms with Gasteiger partial charge in [0.15, 0.2) is 0 Å². The molecule has 1 saturated heterocycles. The molecule has 88 valence electrons. The topological polar surface area (TPSA) is 64.8 Å². The number of nitrogens with zero attached hydrogens (tertiary/aromatic N) is 1. The summed E-state index contributed by atoms with van der Waals surface area (Å²) < 4.78 is 10.3. The molecule has 5 nitrogen and oxygen atoms in total. The number of carbonyl (C=O) groups excluding carboxylic acids is 1. The van der Waals surface area contributed by atoms with Gasteiger partial charge in [0.2, 0.25) is 5.91 Å². The zero-order valence-corrected chi connectivity index (χ0v) is 9.44. The van der Waals surface area contributed by atoms with Crippen molar-refractivity contribution in [3.63, 3.8) is 0 Å². The van der Waals surface area contributed by atoms with Crippen molar-refractivity contribution in [3.8, 4) is 0 Å². The van der Waals surface area contributed by atoms with E-state index in [1.54, 1.807) is 4.90 Å². The minimum atomic E-state index is 0.0236. The summed E-state index contributed by atoms with van der Waals surface area (Å²) in [5.74, 6) is 0.0236. The molecule has 1 rings (SSSR count). The van der Waals surface area contributed by atoms with Gasteiger partial charge in [-0.3, -0.25) is 4.79 Å². The fourth-order valence-corrected chi connectivity index (χ4v) is 1.72. The Balaban J connectivity index is 2.38. The van der Waals surface area contributed by atoms with Gasteiger partial charge in [-0.1, -0.05) is 0 Å². The van der Waals surface area contributed by atoms with Gasteiger partial charge in [0.1, 0.15) is 6.61 Å². The van der Waals surface area contributed by atoms with E-state index in [0.717, 1.165) is 6.42 Å². The van der Waals surface area contributed by atoms with Crippen LogP contribution in [-0.2, 0) is 14.3 Å². The van der Waals surface area contributed by atoms with E-state index >= 15 is 0 Å². The Morgan fingerprint density at radius 2 is 2.47 bits per heavy atom. The van der Waals surface area contributed by atoms with Crippen LogP contribution < -0.4 is 5.73 Å². The number of ether oxygens (including phenoxy) is 2. The highest BCUT2D eigenvalue weighted by Gasteiger charge is 2.24. The Morgan fingerprint density at radius 1 is 1.73 bits per heavy atom. The van der Waals surface area contributed by atoms with Crippen molar-refractivity contribution in [2.75, 3.05) is 33.4 Å². The first kappa shape index (κ1) is 12.4. The third-order valence-corrected chi connectivity index (χ3v) is 2.39. The molecule has 0 aromatic heterocycles. The summed E-state index contributed by atoms with van der Waals surface area (Å²) in [6, 6.07) is 0.104. The molecule has 2 atom stereocenters. The van der Waals surface area contributed by atoms with Gasteiger partial charge in [0, 0.05) is 26.2 Å². The molecule has 0 saturated carbocycles. The fraction of sp³-hybridized carbons (Fsp3) is 0.900. The third kappa shape index (κ3) is 4.15. The molecule has 1 aliphatic heterocycles. The van der Waals surface area contributed by atoms with Crippen LogP contribution >= 0.6 is 0 Å². The van der Waals surface area contributed by atoms with Gasteiger partial charge in [-0.2, -0.15) is 0 Å². The number of hydrogen-bond acceptors (Lipinski definition) is 4. The van der Waals surface area contributed by atoms with E-state index in [9.17, 15) is 4.79 Å². The van der Waals surface area contributed by atoms with E-state index in [4.69, 9.17) is 15.2 Å². The molecule has 1 fully saturated rings. The average molecular weight is 216 g/mol. The monoisotopic (exact) mass is 216 g/mol. The molecule has 2 unspecified atom stereocenters. The van der Waals surface area contributed by atoms with E-state index in [1.807, 2.05) is 6.92 Å². The minimum absolute atomic E-state index is 0.0236. The lowest BCUT2D eigenvalue weighted by Gasteiger charge is -2.33. The number of methoxy groups -OCH3 is 1. The Kier molecular flexibility index (Phi) is 5.01. The van der Waals surface area contributed by atoms with E-state index in [0.29, 0.717) is 19.7 Å². The highest BCUT2D eigenvalue weighted by Crippen LogP contribution is 2.10. The molecule has 2 N–H and O–H groups in total. The molecule has 0 spiro atoms. The molecule has 0 aromatic carbocycles. The number of rotatable bonds is 4. The average Bonchev–Trinajstić information content (AvgIpc) is 2.17. The summed E-state index contributed by atoms with van der Waals surface area (Å²) in [5, 5.41) is 0. The van der Waals surface area contributed by atoms with Gasteiger partial charge < -0.3 is 20.1 Å². The van der Waals surface area contributed by atoms with Crippen LogP contribution in [0.3, 0.4) is 0 Å². The van der Waals surface area contributed by atoms with E-state index in [-0.39, 0.29) is 24.7 Å². The second-order valence-electron chi connectivity index (χ2n) is 3.98. The second kappa shape index (κ2) is 6.05. The first-order chi connectivity index (χ1) is 7.13. The Bertz CT molecular complexity index is 209. The van der Waals surface area contributed by atoms with Crippen LogP contribution in [0.1, 0.15) is 13.3 Å². The zero-order valence-electron chi connectivity index (χ0n) is 9.44. The Morgan fingerprint density at radius 3 is 3.07 bits per heavy atom. The van der Waals surface area contributed by atoms with Gasteiger partial charge in [-0.05, 0) is 13.3 Å². The molecule has 0 aliphatic carbocycles. The van der Waals surface area contributed by atoms with Crippen molar-refractivity contribution >= 4 is 5.91 Å². The van der Waals surface area contributed by atoms with Gasteiger partial charge in [0.05, 0.1) is 12.7 Å². The van der Waals surface area contributed by atoms with Crippen molar-refractivity contribution in [1.29, 1.82) is 0 Å². The fourth-order valence-electron chi connectivity index (χ4n) is 1.72. The number of amides is 1. The van der Waals surface area contributed by atoms with Crippen LogP contribution in [0.5, 0.6) is 0 Å². The maximum atomic E-state index is 11.5. The SMILES string of the molecule is COCC(=O)N1CCOC(CC(C)N)C1. The predicted octanol–water partition coefficient (Wildman–Crippen LogP) is -0.402. The van der Waals surface area contributed by atoms with Crippen molar-refractivity contribution in [2.24, 2.45) is 5.73 Å². The van der Waals surface area contributed by atoms with E-state index in [1.165, 1.54) is 7.11 Å².